The van der Waals surface area contributed by atoms with Gasteiger partial charge in [-0.3, -0.25) is 4.79 Å². The Bertz CT molecular complexity index is 495. The number of carboxylic acid groups (broad SMARTS) is 1. The summed E-state index contributed by atoms with van der Waals surface area (Å²) in [7, 11) is 0. The molecule has 1 aliphatic heterocycles. The van der Waals surface area contributed by atoms with Gasteiger partial charge in [0.25, 0.3) is 0 Å². The van der Waals surface area contributed by atoms with Gasteiger partial charge in [-0.2, -0.15) is 0 Å². The highest BCUT2D eigenvalue weighted by molar-refractivity contribution is 5.84. The fraction of sp³-hybridized carbons (Fsp3) is 0.529. The molecule has 0 radical (unpaired) electrons. The molecule has 0 bridgehead atoms. The van der Waals surface area contributed by atoms with E-state index in [1.165, 1.54) is 16.0 Å². The van der Waals surface area contributed by atoms with Gasteiger partial charge in [-0.05, 0) is 44.6 Å². The van der Waals surface area contributed by atoms with Gasteiger partial charge < -0.3 is 10.0 Å². The van der Waals surface area contributed by atoms with Crippen molar-refractivity contribution in [1.29, 1.82) is 0 Å². The average molecular weight is 289 g/mol. The molecular weight excluding hydrogens is 266 g/mol. The van der Waals surface area contributed by atoms with Gasteiger partial charge in [0, 0.05) is 13.0 Å². The minimum atomic E-state index is -0.875. The lowest BCUT2D eigenvalue weighted by molar-refractivity contribution is -0.148. The van der Waals surface area contributed by atoms with E-state index in [-0.39, 0.29) is 5.91 Å². The molecule has 1 amide bonds. The third-order valence-corrected chi connectivity index (χ3v) is 4.08. The summed E-state index contributed by atoms with van der Waals surface area (Å²) in [4.78, 5) is 24.7. The molecule has 0 spiro atoms. The van der Waals surface area contributed by atoms with Gasteiger partial charge in [0.15, 0.2) is 0 Å². The van der Waals surface area contributed by atoms with Gasteiger partial charge in [0.1, 0.15) is 6.04 Å². The van der Waals surface area contributed by atoms with Crippen LogP contribution >= 0.6 is 0 Å². The van der Waals surface area contributed by atoms with Crippen molar-refractivity contribution in [3.8, 4) is 0 Å². The van der Waals surface area contributed by atoms with Crippen LogP contribution in [0.2, 0.25) is 0 Å². The molecule has 1 N–H and O–H groups in total. The molecule has 0 saturated carbocycles. The molecule has 4 nitrogen and oxygen atoms in total. The normalized spacial score (nSPS) is 18.0. The molecule has 1 heterocycles. The Kier molecular flexibility index (Phi) is 5.37. The smallest absolute Gasteiger partial charge is 0.326 e. The highest BCUT2D eigenvalue weighted by atomic mass is 16.4. The van der Waals surface area contributed by atoms with E-state index >= 15 is 0 Å². The Morgan fingerprint density at radius 1 is 1.24 bits per heavy atom. The Balaban J connectivity index is 1.72. The van der Waals surface area contributed by atoms with Crippen LogP contribution in [-0.2, 0) is 16.0 Å². The number of aliphatic carboxylic acids is 1. The standard InChI is InChI=1S/C17H23NO3/c1-13-8-10-14(11-9-13)5-2-3-7-16(19)18-12-4-6-15(18)17(20)21/h8-11,15H,2-7,12H2,1H3,(H,20,21)/t15-/m1/s1. The Morgan fingerprint density at radius 3 is 2.62 bits per heavy atom. The quantitative estimate of drug-likeness (QED) is 0.819. The van der Waals surface area contributed by atoms with Crippen LogP contribution in [0.4, 0.5) is 0 Å². The molecule has 2 rings (SSSR count). The van der Waals surface area contributed by atoms with Crippen molar-refractivity contribution in [2.45, 2.75) is 51.5 Å². The van der Waals surface area contributed by atoms with E-state index in [0.29, 0.717) is 19.4 Å². The predicted octanol–water partition coefficient (Wildman–Crippen LogP) is 2.78. The van der Waals surface area contributed by atoms with Crippen LogP contribution in [0, 0.1) is 6.92 Å². The van der Waals surface area contributed by atoms with E-state index in [2.05, 4.69) is 31.2 Å². The SMILES string of the molecule is Cc1ccc(CCCCC(=O)N2CCC[C@@H]2C(=O)O)cc1. The van der Waals surface area contributed by atoms with Crippen LogP contribution in [0.15, 0.2) is 24.3 Å². The highest BCUT2D eigenvalue weighted by Crippen LogP contribution is 2.19. The molecule has 0 aromatic heterocycles. The molecule has 0 aliphatic carbocycles. The van der Waals surface area contributed by atoms with Crippen molar-refractivity contribution in [1.82, 2.24) is 4.90 Å². The number of carbonyl (C=O) groups excluding carboxylic acids is 1. The summed E-state index contributed by atoms with van der Waals surface area (Å²) in [5.74, 6) is -0.885. The van der Waals surface area contributed by atoms with Crippen LogP contribution < -0.4 is 0 Å². The predicted molar refractivity (Wildman–Crippen MR) is 81.1 cm³/mol. The second-order valence-corrected chi connectivity index (χ2v) is 5.78. The molecule has 1 aromatic carbocycles. The molecule has 0 unspecified atom stereocenters. The number of hydrogen-bond acceptors (Lipinski definition) is 2. The summed E-state index contributed by atoms with van der Waals surface area (Å²) in [6.07, 6.45) is 4.58. The second-order valence-electron chi connectivity index (χ2n) is 5.78. The number of carbonyl (C=O) groups is 2. The zero-order valence-electron chi connectivity index (χ0n) is 12.5. The summed E-state index contributed by atoms with van der Waals surface area (Å²) >= 11 is 0. The van der Waals surface area contributed by atoms with Crippen LogP contribution in [-0.4, -0.2) is 34.5 Å². The van der Waals surface area contributed by atoms with Crippen LogP contribution in [0.3, 0.4) is 0 Å². The number of aryl methyl sites for hydroxylation is 2. The maximum Gasteiger partial charge on any atom is 0.326 e. The molecule has 1 aliphatic rings. The third kappa shape index (κ3) is 4.31. The molecule has 4 heteroatoms. The van der Waals surface area contributed by atoms with E-state index in [1.807, 2.05) is 0 Å². The lowest BCUT2D eigenvalue weighted by Gasteiger charge is -2.21. The number of amides is 1. The Morgan fingerprint density at radius 2 is 1.95 bits per heavy atom. The maximum atomic E-state index is 12.1. The minimum absolute atomic E-state index is 0.0104. The lowest BCUT2D eigenvalue weighted by Crippen LogP contribution is -2.40. The summed E-state index contributed by atoms with van der Waals surface area (Å²) < 4.78 is 0. The maximum absolute atomic E-state index is 12.1. The summed E-state index contributed by atoms with van der Waals surface area (Å²) in [5, 5.41) is 9.08. The van der Waals surface area contributed by atoms with Gasteiger partial charge >= 0.3 is 5.97 Å². The monoisotopic (exact) mass is 289 g/mol. The topological polar surface area (TPSA) is 57.6 Å². The molecule has 1 aromatic rings. The van der Waals surface area contributed by atoms with Gasteiger partial charge in [-0.15, -0.1) is 0 Å². The Labute approximate surface area is 125 Å². The molecule has 21 heavy (non-hydrogen) atoms. The number of nitrogens with zero attached hydrogens (tertiary/aromatic N) is 1. The van der Waals surface area contributed by atoms with Crippen molar-refractivity contribution in [3.63, 3.8) is 0 Å². The number of rotatable bonds is 6. The first-order chi connectivity index (χ1) is 10.1. The van der Waals surface area contributed by atoms with Gasteiger partial charge in [-0.1, -0.05) is 29.8 Å². The van der Waals surface area contributed by atoms with Crippen LogP contribution in [0.5, 0.6) is 0 Å². The third-order valence-electron chi connectivity index (χ3n) is 4.08. The van der Waals surface area contributed by atoms with Crippen molar-refractivity contribution in [3.05, 3.63) is 35.4 Å². The lowest BCUT2D eigenvalue weighted by atomic mass is 10.1. The van der Waals surface area contributed by atoms with E-state index < -0.39 is 12.0 Å². The average Bonchev–Trinajstić information content (AvgIpc) is 2.95. The number of benzene rings is 1. The van der Waals surface area contributed by atoms with E-state index in [4.69, 9.17) is 5.11 Å². The van der Waals surface area contributed by atoms with Crippen LogP contribution in [0.1, 0.15) is 43.2 Å². The Hall–Kier alpha value is -1.84. The van der Waals surface area contributed by atoms with E-state index in [0.717, 1.165) is 25.7 Å². The molecule has 114 valence electrons. The van der Waals surface area contributed by atoms with E-state index in [9.17, 15) is 9.59 Å². The minimum Gasteiger partial charge on any atom is -0.480 e. The van der Waals surface area contributed by atoms with Crippen molar-refractivity contribution < 1.29 is 14.7 Å². The molecular formula is C17H23NO3. The fourth-order valence-corrected chi connectivity index (χ4v) is 2.83. The largest absolute Gasteiger partial charge is 0.480 e. The van der Waals surface area contributed by atoms with Crippen molar-refractivity contribution in [2.24, 2.45) is 0 Å². The number of unbranched alkanes of at least 4 members (excludes halogenated alkanes) is 1. The first-order valence-electron chi connectivity index (χ1n) is 7.66. The van der Waals surface area contributed by atoms with Crippen LogP contribution in [0.25, 0.3) is 0 Å². The van der Waals surface area contributed by atoms with Gasteiger partial charge in [-0.25, -0.2) is 4.79 Å². The zero-order chi connectivity index (χ0) is 15.2. The van der Waals surface area contributed by atoms with Crippen molar-refractivity contribution in [2.75, 3.05) is 6.54 Å². The molecule has 1 fully saturated rings. The fourth-order valence-electron chi connectivity index (χ4n) is 2.83. The highest BCUT2D eigenvalue weighted by Gasteiger charge is 2.33. The van der Waals surface area contributed by atoms with Crippen molar-refractivity contribution >= 4 is 11.9 Å². The number of carboxylic acids is 1. The van der Waals surface area contributed by atoms with Gasteiger partial charge in [0.05, 0.1) is 0 Å². The summed E-state index contributed by atoms with van der Waals surface area (Å²) in [6.45, 7) is 2.66. The molecule has 1 atom stereocenters. The number of hydrogen-bond donors (Lipinski definition) is 1. The van der Waals surface area contributed by atoms with E-state index in [1.54, 1.807) is 0 Å². The molecule has 1 saturated heterocycles. The zero-order valence-corrected chi connectivity index (χ0v) is 12.5. The second kappa shape index (κ2) is 7.25. The number of likely N-dealkylation sites (tertiary alicyclic amines) is 1. The first kappa shape index (κ1) is 15.5. The summed E-state index contributed by atoms with van der Waals surface area (Å²) in [6, 6.07) is 7.84. The van der Waals surface area contributed by atoms with Gasteiger partial charge in [0.2, 0.25) is 5.91 Å². The first-order valence-corrected chi connectivity index (χ1v) is 7.66. The summed E-state index contributed by atoms with van der Waals surface area (Å²) in [5.41, 5.74) is 2.54.